The van der Waals surface area contributed by atoms with Gasteiger partial charge in [0.15, 0.2) is 5.78 Å². The maximum atomic E-state index is 12.0. The van der Waals surface area contributed by atoms with Gasteiger partial charge < -0.3 is 0 Å². The minimum atomic E-state index is 0.147. The lowest BCUT2D eigenvalue weighted by Gasteiger charge is -1.99. The molecule has 0 saturated carbocycles. The molecule has 1 nitrogen and oxygen atoms in total. The van der Waals surface area contributed by atoms with E-state index in [1.54, 1.807) is 0 Å². The van der Waals surface area contributed by atoms with E-state index in [2.05, 4.69) is 31.9 Å². The van der Waals surface area contributed by atoms with E-state index in [-0.39, 0.29) is 5.78 Å². The molecule has 0 fully saturated rings. The highest BCUT2D eigenvalue weighted by Gasteiger charge is 2.14. The fraction of sp³-hybridized carbons (Fsp3) is 0.0833. The SMILES string of the molecule is O=C(Cc1ccccc1)c1scc(Br)c1Br. The lowest BCUT2D eigenvalue weighted by atomic mass is 10.1. The molecule has 16 heavy (non-hydrogen) atoms. The molecule has 4 heteroatoms. The van der Waals surface area contributed by atoms with Gasteiger partial charge in [0.1, 0.15) is 0 Å². The van der Waals surface area contributed by atoms with E-state index >= 15 is 0 Å². The van der Waals surface area contributed by atoms with Crippen LogP contribution in [-0.4, -0.2) is 5.78 Å². The number of benzene rings is 1. The average molecular weight is 360 g/mol. The topological polar surface area (TPSA) is 17.1 Å². The zero-order chi connectivity index (χ0) is 11.5. The third-order valence-electron chi connectivity index (χ3n) is 2.15. The second kappa shape index (κ2) is 5.25. The van der Waals surface area contributed by atoms with E-state index in [4.69, 9.17) is 0 Å². The largest absolute Gasteiger partial charge is 0.293 e. The van der Waals surface area contributed by atoms with Gasteiger partial charge in [0, 0.05) is 16.3 Å². The molecule has 0 aliphatic carbocycles. The van der Waals surface area contributed by atoms with Crippen molar-refractivity contribution in [2.75, 3.05) is 0 Å². The van der Waals surface area contributed by atoms with Crippen molar-refractivity contribution in [3.05, 3.63) is 55.1 Å². The number of hydrogen-bond donors (Lipinski definition) is 0. The van der Waals surface area contributed by atoms with Crippen LogP contribution in [0, 0.1) is 0 Å². The first-order valence-corrected chi connectivity index (χ1v) is 7.14. The molecule has 0 saturated heterocycles. The second-order valence-electron chi connectivity index (χ2n) is 3.31. The van der Waals surface area contributed by atoms with Crippen molar-refractivity contribution < 1.29 is 4.79 Å². The minimum absolute atomic E-state index is 0.147. The summed E-state index contributed by atoms with van der Waals surface area (Å²) >= 11 is 8.25. The van der Waals surface area contributed by atoms with Crippen LogP contribution < -0.4 is 0 Å². The molecule has 0 aliphatic heterocycles. The first kappa shape index (κ1) is 12.0. The van der Waals surface area contributed by atoms with Crippen LogP contribution in [0.1, 0.15) is 15.2 Å². The lowest BCUT2D eigenvalue weighted by Crippen LogP contribution is -2.01. The van der Waals surface area contributed by atoms with E-state index in [1.165, 1.54) is 11.3 Å². The monoisotopic (exact) mass is 358 g/mol. The van der Waals surface area contributed by atoms with Gasteiger partial charge in [0.25, 0.3) is 0 Å². The Morgan fingerprint density at radius 2 is 1.88 bits per heavy atom. The van der Waals surface area contributed by atoms with Crippen molar-refractivity contribution in [1.82, 2.24) is 0 Å². The zero-order valence-corrected chi connectivity index (χ0v) is 12.2. The summed E-state index contributed by atoms with van der Waals surface area (Å²) in [5, 5.41) is 1.92. The number of hydrogen-bond acceptors (Lipinski definition) is 2. The molecule has 0 amide bonds. The summed E-state index contributed by atoms with van der Waals surface area (Å²) in [4.78, 5) is 12.8. The van der Waals surface area contributed by atoms with Crippen LogP contribution in [0.25, 0.3) is 0 Å². The average Bonchev–Trinajstić information content (AvgIpc) is 2.61. The van der Waals surface area contributed by atoms with E-state index in [0.717, 1.165) is 19.4 Å². The molecule has 2 aromatic rings. The van der Waals surface area contributed by atoms with Crippen LogP contribution in [0.4, 0.5) is 0 Å². The van der Waals surface area contributed by atoms with E-state index < -0.39 is 0 Å². The third kappa shape index (κ3) is 2.62. The molecule has 0 aliphatic rings. The highest BCUT2D eigenvalue weighted by Crippen LogP contribution is 2.33. The van der Waals surface area contributed by atoms with Crippen LogP contribution >= 0.6 is 43.2 Å². The summed E-state index contributed by atoms with van der Waals surface area (Å²) in [6.45, 7) is 0. The van der Waals surface area contributed by atoms with Gasteiger partial charge in [-0.05, 0) is 37.4 Å². The summed E-state index contributed by atoms with van der Waals surface area (Å²) in [6, 6.07) is 9.78. The number of carbonyl (C=O) groups excluding carboxylic acids is 1. The number of thiophene rings is 1. The summed E-state index contributed by atoms with van der Waals surface area (Å²) in [6.07, 6.45) is 0.451. The summed E-state index contributed by atoms with van der Waals surface area (Å²) in [5.41, 5.74) is 1.05. The van der Waals surface area contributed by atoms with Crippen molar-refractivity contribution in [1.29, 1.82) is 0 Å². The van der Waals surface area contributed by atoms with Crippen molar-refractivity contribution in [3.8, 4) is 0 Å². The molecular formula is C12H8Br2OS. The van der Waals surface area contributed by atoms with Crippen molar-refractivity contribution in [3.63, 3.8) is 0 Å². The molecule has 1 aromatic carbocycles. The molecule has 0 N–H and O–H groups in total. The Bertz CT molecular complexity index is 505. The Morgan fingerprint density at radius 1 is 1.19 bits per heavy atom. The predicted octanol–water partition coefficient (Wildman–Crippen LogP) is 4.70. The molecule has 0 radical (unpaired) electrons. The molecule has 2 rings (SSSR count). The number of Topliss-reactive ketones (excluding diaryl/α,β-unsaturated/α-hetero) is 1. The van der Waals surface area contributed by atoms with Gasteiger partial charge in [0.2, 0.25) is 0 Å². The van der Waals surface area contributed by atoms with Crippen LogP contribution in [0.3, 0.4) is 0 Å². The van der Waals surface area contributed by atoms with E-state index in [0.29, 0.717) is 6.42 Å². The number of halogens is 2. The van der Waals surface area contributed by atoms with Gasteiger partial charge in [-0.15, -0.1) is 11.3 Å². The van der Waals surface area contributed by atoms with Gasteiger partial charge in [-0.25, -0.2) is 0 Å². The third-order valence-corrected chi connectivity index (χ3v) is 5.72. The minimum Gasteiger partial charge on any atom is -0.293 e. The maximum absolute atomic E-state index is 12.0. The Kier molecular flexibility index (Phi) is 3.95. The number of carbonyl (C=O) groups is 1. The van der Waals surface area contributed by atoms with Crippen LogP contribution in [0.5, 0.6) is 0 Å². The van der Waals surface area contributed by atoms with Crippen molar-refractivity contribution in [2.24, 2.45) is 0 Å². The summed E-state index contributed by atoms with van der Waals surface area (Å²) in [5.74, 6) is 0.147. The summed E-state index contributed by atoms with van der Waals surface area (Å²) in [7, 11) is 0. The molecule has 0 spiro atoms. The maximum Gasteiger partial charge on any atom is 0.178 e. The fourth-order valence-electron chi connectivity index (χ4n) is 1.37. The van der Waals surface area contributed by atoms with E-state index in [1.807, 2.05) is 35.7 Å². The Hall–Kier alpha value is -0.450. The Morgan fingerprint density at radius 3 is 2.44 bits per heavy atom. The lowest BCUT2D eigenvalue weighted by molar-refractivity contribution is 0.0996. The first-order valence-electron chi connectivity index (χ1n) is 4.68. The highest BCUT2D eigenvalue weighted by atomic mass is 79.9. The standard InChI is InChI=1S/C12H8Br2OS/c13-9-7-16-12(11(9)14)10(15)6-8-4-2-1-3-5-8/h1-5,7H,6H2. The Balaban J connectivity index is 2.18. The molecule has 0 bridgehead atoms. The van der Waals surface area contributed by atoms with Crippen molar-refractivity contribution in [2.45, 2.75) is 6.42 Å². The molecular weight excluding hydrogens is 352 g/mol. The highest BCUT2D eigenvalue weighted by molar-refractivity contribution is 9.13. The molecule has 0 atom stereocenters. The molecule has 0 unspecified atom stereocenters. The Labute approximate surface area is 115 Å². The quantitative estimate of drug-likeness (QED) is 0.726. The summed E-state index contributed by atoms with van der Waals surface area (Å²) < 4.78 is 1.80. The van der Waals surface area contributed by atoms with Crippen LogP contribution in [0.15, 0.2) is 44.7 Å². The molecule has 82 valence electrons. The smallest absolute Gasteiger partial charge is 0.178 e. The van der Waals surface area contributed by atoms with Gasteiger partial charge >= 0.3 is 0 Å². The van der Waals surface area contributed by atoms with Gasteiger partial charge in [0.05, 0.1) is 9.35 Å². The fourth-order valence-corrected chi connectivity index (χ4v) is 3.51. The van der Waals surface area contributed by atoms with Gasteiger partial charge in [-0.1, -0.05) is 30.3 Å². The molecule has 1 aromatic heterocycles. The van der Waals surface area contributed by atoms with Crippen molar-refractivity contribution >= 4 is 49.0 Å². The van der Waals surface area contributed by atoms with Crippen LogP contribution in [-0.2, 0) is 6.42 Å². The zero-order valence-electron chi connectivity index (χ0n) is 8.24. The van der Waals surface area contributed by atoms with Gasteiger partial charge in [-0.3, -0.25) is 4.79 Å². The van der Waals surface area contributed by atoms with Gasteiger partial charge in [-0.2, -0.15) is 0 Å². The van der Waals surface area contributed by atoms with Crippen LogP contribution in [0.2, 0.25) is 0 Å². The second-order valence-corrected chi connectivity index (χ2v) is 5.84. The normalized spacial score (nSPS) is 10.4. The van der Waals surface area contributed by atoms with E-state index in [9.17, 15) is 4.79 Å². The number of rotatable bonds is 3. The number of ketones is 1. The first-order chi connectivity index (χ1) is 7.68. The predicted molar refractivity (Wildman–Crippen MR) is 74.2 cm³/mol. The molecule has 1 heterocycles.